The predicted molar refractivity (Wildman–Crippen MR) is 96.2 cm³/mol. The Bertz CT molecular complexity index is 999. The molecule has 1 aromatic carbocycles. The summed E-state index contributed by atoms with van der Waals surface area (Å²) in [6, 6.07) is 7.55. The van der Waals surface area contributed by atoms with E-state index in [9.17, 15) is 9.59 Å². The van der Waals surface area contributed by atoms with E-state index in [2.05, 4.69) is 5.10 Å². The lowest BCUT2D eigenvalue weighted by molar-refractivity contribution is -0.131. The summed E-state index contributed by atoms with van der Waals surface area (Å²) in [6.07, 6.45) is 0. The van der Waals surface area contributed by atoms with E-state index in [1.807, 2.05) is 39.0 Å². The summed E-state index contributed by atoms with van der Waals surface area (Å²) in [5.74, 6) is 0.548. The fraction of sp³-hybridized carbons (Fsp3) is 0.389. The van der Waals surface area contributed by atoms with Crippen LogP contribution < -0.4 is 10.4 Å². The fourth-order valence-electron chi connectivity index (χ4n) is 3.05. The van der Waals surface area contributed by atoms with E-state index in [1.165, 1.54) is 4.68 Å². The van der Waals surface area contributed by atoms with Crippen LogP contribution in [0.15, 0.2) is 29.1 Å². The molecule has 1 amide bonds. The van der Waals surface area contributed by atoms with Gasteiger partial charge in [0, 0.05) is 19.2 Å². The smallest absolute Gasteiger partial charge is 0.351 e. The number of amides is 1. The molecule has 0 unspecified atom stereocenters. The Labute approximate surface area is 145 Å². The van der Waals surface area contributed by atoms with Crippen LogP contribution in [0.3, 0.4) is 0 Å². The molecule has 7 heteroatoms. The van der Waals surface area contributed by atoms with Crippen LogP contribution in [-0.4, -0.2) is 45.2 Å². The Kier molecular flexibility index (Phi) is 4.48. The van der Waals surface area contributed by atoms with Crippen molar-refractivity contribution in [2.24, 2.45) is 0 Å². The van der Waals surface area contributed by atoms with Gasteiger partial charge in [-0.2, -0.15) is 0 Å². The van der Waals surface area contributed by atoms with Crippen molar-refractivity contribution in [3.8, 4) is 5.75 Å². The zero-order valence-corrected chi connectivity index (χ0v) is 14.9. The van der Waals surface area contributed by atoms with Crippen molar-refractivity contribution in [2.45, 2.75) is 27.3 Å². The van der Waals surface area contributed by atoms with Gasteiger partial charge in [0.2, 0.25) is 5.91 Å². The van der Waals surface area contributed by atoms with Gasteiger partial charge in [0.25, 0.3) is 0 Å². The zero-order valence-electron chi connectivity index (χ0n) is 14.9. The number of nitrogens with zero attached hydrogens (tertiary/aromatic N) is 4. The fourth-order valence-corrected chi connectivity index (χ4v) is 3.05. The number of aryl methyl sites for hydroxylation is 1. The molecule has 0 saturated heterocycles. The van der Waals surface area contributed by atoms with Crippen molar-refractivity contribution in [1.29, 1.82) is 0 Å². The maximum Gasteiger partial charge on any atom is 0.351 e. The second-order valence-electron chi connectivity index (χ2n) is 5.92. The minimum Gasteiger partial charge on any atom is -0.497 e. The predicted octanol–water partition coefficient (Wildman–Crippen LogP) is 1.83. The molecule has 0 bridgehead atoms. The standard InChI is InChI=1S/C18H22N4O3/c1-5-20(6-2)16(23)11-21-18(24)22-15-10-14(25-4)8-7-13(15)9-12(3)17(22)19-21/h7-10H,5-6,11H2,1-4H3. The average molecular weight is 342 g/mol. The summed E-state index contributed by atoms with van der Waals surface area (Å²) in [6.45, 7) is 6.89. The number of carbonyl (C=O) groups is 1. The van der Waals surface area contributed by atoms with Crippen molar-refractivity contribution < 1.29 is 9.53 Å². The molecule has 0 aliphatic carbocycles. The van der Waals surface area contributed by atoms with Crippen LogP contribution in [0.5, 0.6) is 5.75 Å². The molecule has 0 aliphatic rings. The van der Waals surface area contributed by atoms with Crippen LogP contribution in [0.2, 0.25) is 0 Å². The van der Waals surface area contributed by atoms with Crippen molar-refractivity contribution in [3.05, 3.63) is 40.3 Å². The number of likely N-dealkylation sites (N-methyl/N-ethyl adjacent to an activating group) is 1. The monoisotopic (exact) mass is 342 g/mol. The van der Waals surface area contributed by atoms with E-state index < -0.39 is 0 Å². The van der Waals surface area contributed by atoms with Crippen LogP contribution in [0, 0.1) is 6.92 Å². The maximum absolute atomic E-state index is 12.9. The number of benzene rings is 1. The first kappa shape index (κ1) is 17.0. The third-order valence-electron chi connectivity index (χ3n) is 4.44. The van der Waals surface area contributed by atoms with Crippen LogP contribution in [-0.2, 0) is 11.3 Å². The van der Waals surface area contributed by atoms with Crippen LogP contribution >= 0.6 is 0 Å². The van der Waals surface area contributed by atoms with Crippen LogP contribution in [0.25, 0.3) is 16.6 Å². The quantitative estimate of drug-likeness (QED) is 0.709. The topological polar surface area (TPSA) is 68.8 Å². The molecule has 25 heavy (non-hydrogen) atoms. The molecule has 0 atom stereocenters. The van der Waals surface area contributed by atoms with Crippen LogP contribution in [0.1, 0.15) is 19.4 Å². The molecule has 0 saturated carbocycles. The largest absolute Gasteiger partial charge is 0.497 e. The van der Waals surface area contributed by atoms with Gasteiger partial charge in [-0.3, -0.25) is 4.79 Å². The Morgan fingerprint density at radius 1 is 1.24 bits per heavy atom. The Hall–Kier alpha value is -2.83. The van der Waals surface area contributed by atoms with Gasteiger partial charge in [-0.1, -0.05) is 0 Å². The second-order valence-corrected chi connectivity index (χ2v) is 5.92. The number of hydrogen-bond acceptors (Lipinski definition) is 4. The molecule has 3 aromatic rings. The number of fused-ring (bicyclic) bond motifs is 3. The SMILES string of the molecule is CCN(CC)C(=O)Cn1nc2c(C)cc3ccc(OC)cc3n2c1=O. The summed E-state index contributed by atoms with van der Waals surface area (Å²) in [4.78, 5) is 26.9. The van der Waals surface area contributed by atoms with Crippen molar-refractivity contribution in [3.63, 3.8) is 0 Å². The van der Waals surface area contributed by atoms with E-state index in [0.717, 1.165) is 10.9 Å². The molecular formula is C18H22N4O3. The Balaban J connectivity index is 2.18. The summed E-state index contributed by atoms with van der Waals surface area (Å²) in [5, 5.41) is 5.31. The van der Waals surface area contributed by atoms with Gasteiger partial charge in [-0.15, -0.1) is 5.10 Å². The lowest BCUT2D eigenvalue weighted by Crippen LogP contribution is -2.36. The first-order valence-corrected chi connectivity index (χ1v) is 8.34. The minimum atomic E-state index is -0.322. The summed E-state index contributed by atoms with van der Waals surface area (Å²) >= 11 is 0. The van der Waals surface area contributed by atoms with E-state index in [0.29, 0.717) is 30.0 Å². The number of methoxy groups -OCH3 is 1. The number of rotatable bonds is 5. The van der Waals surface area contributed by atoms with E-state index in [-0.39, 0.29) is 18.1 Å². The number of hydrogen-bond donors (Lipinski definition) is 0. The molecule has 0 radical (unpaired) electrons. The average Bonchev–Trinajstić information content (AvgIpc) is 2.93. The van der Waals surface area contributed by atoms with E-state index >= 15 is 0 Å². The van der Waals surface area contributed by atoms with Gasteiger partial charge in [-0.25, -0.2) is 13.9 Å². The highest BCUT2D eigenvalue weighted by Gasteiger charge is 2.17. The molecule has 3 rings (SSSR count). The van der Waals surface area contributed by atoms with Gasteiger partial charge in [-0.05, 0) is 49.9 Å². The first-order chi connectivity index (χ1) is 12.0. The Morgan fingerprint density at radius 2 is 1.96 bits per heavy atom. The van der Waals surface area contributed by atoms with E-state index in [1.54, 1.807) is 22.5 Å². The van der Waals surface area contributed by atoms with E-state index in [4.69, 9.17) is 4.74 Å². The molecule has 132 valence electrons. The summed E-state index contributed by atoms with van der Waals surface area (Å²) in [5.41, 5.74) is 1.82. The summed E-state index contributed by atoms with van der Waals surface area (Å²) in [7, 11) is 1.58. The highest BCUT2D eigenvalue weighted by Crippen LogP contribution is 2.23. The number of pyridine rings is 1. The Morgan fingerprint density at radius 3 is 2.60 bits per heavy atom. The van der Waals surface area contributed by atoms with Gasteiger partial charge >= 0.3 is 5.69 Å². The highest BCUT2D eigenvalue weighted by molar-refractivity contribution is 5.84. The molecule has 0 N–H and O–H groups in total. The second kappa shape index (κ2) is 6.58. The first-order valence-electron chi connectivity index (χ1n) is 8.34. The highest BCUT2D eigenvalue weighted by atomic mass is 16.5. The molecule has 0 spiro atoms. The van der Waals surface area contributed by atoms with Gasteiger partial charge in [0.05, 0.1) is 12.6 Å². The third-order valence-corrected chi connectivity index (χ3v) is 4.44. The number of ether oxygens (including phenoxy) is 1. The van der Waals surface area contributed by atoms with Crippen molar-refractivity contribution >= 4 is 22.5 Å². The van der Waals surface area contributed by atoms with Crippen LogP contribution in [0.4, 0.5) is 0 Å². The lowest BCUT2D eigenvalue weighted by atomic mass is 10.1. The maximum atomic E-state index is 12.9. The third kappa shape index (κ3) is 2.86. The summed E-state index contributed by atoms with van der Waals surface area (Å²) < 4.78 is 8.05. The molecule has 7 nitrogen and oxygen atoms in total. The van der Waals surface area contributed by atoms with Gasteiger partial charge < -0.3 is 9.64 Å². The molecule has 2 aromatic heterocycles. The van der Waals surface area contributed by atoms with Crippen molar-refractivity contribution in [2.75, 3.05) is 20.2 Å². The van der Waals surface area contributed by atoms with Gasteiger partial charge in [0.15, 0.2) is 5.65 Å². The minimum absolute atomic E-state index is 0.0624. The van der Waals surface area contributed by atoms with Gasteiger partial charge in [0.1, 0.15) is 12.3 Å². The number of aromatic nitrogens is 3. The molecule has 2 heterocycles. The lowest BCUT2D eigenvalue weighted by Gasteiger charge is -2.17. The number of carbonyl (C=O) groups excluding carboxylic acids is 1. The molecular weight excluding hydrogens is 320 g/mol. The van der Waals surface area contributed by atoms with Crippen molar-refractivity contribution in [1.82, 2.24) is 19.1 Å². The molecule has 0 fully saturated rings. The molecule has 0 aliphatic heterocycles. The zero-order chi connectivity index (χ0) is 18.1. The normalized spacial score (nSPS) is 11.2.